The van der Waals surface area contributed by atoms with Crippen molar-refractivity contribution in [3.8, 4) is 22.5 Å². The van der Waals surface area contributed by atoms with Gasteiger partial charge in [-0.1, -0.05) is 116 Å². The number of ether oxygens (including phenoxy) is 2. The molecule has 0 aliphatic rings. The van der Waals surface area contributed by atoms with E-state index in [9.17, 15) is 14.4 Å². The number of rotatable bonds is 18. The first kappa shape index (κ1) is 36.4. The Morgan fingerprint density at radius 2 is 1.43 bits per heavy atom. The van der Waals surface area contributed by atoms with Crippen LogP contribution >= 0.6 is 0 Å². The van der Waals surface area contributed by atoms with E-state index >= 15 is 0 Å². The lowest BCUT2D eigenvalue weighted by atomic mass is 9.96. The molecule has 0 saturated heterocycles. The number of aromatic nitrogens is 4. The highest BCUT2D eigenvalue weighted by Gasteiger charge is 2.31. The van der Waals surface area contributed by atoms with Crippen LogP contribution in [0, 0.1) is 0 Å². The first-order chi connectivity index (χ1) is 25.0. The number of alkyl carbamates (subject to hydrolysis) is 1. The monoisotopic (exact) mass is 688 g/mol. The van der Waals surface area contributed by atoms with E-state index in [1.54, 1.807) is 4.90 Å². The van der Waals surface area contributed by atoms with E-state index in [2.05, 4.69) is 25.9 Å². The second kappa shape index (κ2) is 19.4. The molecule has 0 fully saturated rings. The van der Waals surface area contributed by atoms with Crippen LogP contribution in [-0.2, 0) is 38.8 Å². The van der Waals surface area contributed by atoms with Crippen LogP contribution < -0.4 is 5.32 Å². The molecule has 1 aromatic heterocycles. The highest BCUT2D eigenvalue weighted by atomic mass is 16.5. The third-order valence-corrected chi connectivity index (χ3v) is 8.43. The summed E-state index contributed by atoms with van der Waals surface area (Å²) >= 11 is 0. The van der Waals surface area contributed by atoms with E-state index in [0.29, 0.717) is 44.5 Å². The molecule has 0 unspecified atom stereocenters. The zero-order valence-electron chi connectivity index (χ0n) is 28.9. The van der Waals surface area contributed by atoms with Crippen molar-refractivity contribution in [1.82, 2.24) is 30.8 Å². The van der Waals surface area contributed by atoms with Crippen molar-refractivity contribution in [2.24, 2.45) is 0 Å². The van der Waals surface area contributed by atoms with Gasteiger partial charge >= 0.3 is 12.1 Å². The van der Waals surface area contributed by atoms with E-state index in [-0.39, 0.29) is 25.7 Å². The van der Waals surface area contributed by atoms with Gasteiger partial charge in [0.15, 0.2) is 0 Å². The van der Waals surface area contributed by atoms with E-state index in [0.717, 1.165) is 39.8 Å². The number of aromatic amines is 1. The molecule has 0 aliphatic carbocycles. The molecule has 5 rings (SSSR count). The smallest absolute Gasteiger partial charge is 0.407 e. The predicted octanol–water partition coefficient (Wildman–Crippen LogP) is 7.26. The number of nitrogens with zero attached hydrogens (tertiary/aromatic N) is 4. The Labute approximate surface area is 298 Å². The van der Waals surface area contributed by atoms with Crippen molar-refractivity contribution in [2.75, 3.05) is 6.54 Å². The SMILES string of the molecule is CCCCC(=O)N(Cc1ccc(-c2ccccc2)c(-c2nn[nH]n2)c1)[C@@H](CCCCNC(=O)OCc1ccccc1)C(=O)OCc1ccccc1. The van der Waals surface area contributed by atoms with Crippen molar-refractivity contribution in [3.05, 3.63) is 126 Å². The number of esters is 1. The maximum Gasteiger partial charge on any atom is 0.407 e. The van der Waals surface area contributed by atoms with Gasteiger partial charge in [-0.25, -0.2) is 9.59 Å². The highest BCUT2D eigenvalue weighted by molar-refractivity contribution is 5.85. The van der Waals surface area contributed by atoms with Crippen LogP contribution in [0.1, 0.15) is 62.1 Å². The average molecular weight is 689 g/mol. The fourth-order valence-corrected chi connectivity index (χ4v) is 5.71. The van der Waals surface area contributed by atoms with Crippen LogP contribution in [0.5, 0.6) is 0 Å². The van der Waals surface area contributed by atoms with Gasteiger partial charge in [0.25, 0.3) is 0 Å². The average Bonchev–Trinajstić information content (AvgIpc) is 3.72. The molecule has 4 aromatic carbocycles. The van der Waals surface area contributed by atoms with Gasteiger partial charge in [0.05, 0.1) is 0 Å². The number of unbranched alkanes of at least 4 members (excludes halogenated alkanes) is 2. The summed E-state index contributed by atoms with van der Waals surface area (Å²) in [5.41, 5.74) is 5.21. The minimum atomic E-state index is -0.842. The fourth-order valence-electron chi connectivity index (χ4n) is 5.71. The minimum Gasteiger partial charge on any atom is -0.459 e. The van der Waals surface area contributed by atoms with E-state index in [4.69, 9.17) is 9.47 Å². The summed E-state index contributed by atoms with van der Waals surface area (Å²) in [6.07, 6.45) is 2.81. The second-order valence-corrected chi connectivity index (χ2v) is 12.2. The fraction of sp³-hybridized carbons (Fsp3) is 0.300. The standard InChI is InChI=1S/C40H44N6O5/c1-2-3-22-37(47)46(27-32-23-24-34(33-19-11-6-12-20-33)35(26-32)38-42-44-45-43-38)36(39(48)50-28-30-15-7-4-8-16-30)21-13-14-25-41-40(49)51-29-31-17-9-5-10-18-31/h4-12,15-20,23-24,26,36H,2-3,13-14,21-22,25,27-29H2,1H3,(H,41,49)(H,42,43,44,45)/t36-/m0/s1. The van der Waals surface area contributed by atoms with Gasteiger partial charge in [0.2, 0.25) is 11.7 Å². The topological polar surface area (TPSA) is 139 Å². The van der Waals surface area contributed by atoms with Crippen LogP contribution in [0.25, 0.3) is 22.5 Å². The number of amides is 2. The molecule has 11 heteroatoms. The zero-order chi connectivity index (χ0) is 35.7. The third kappa shape index (κ3) is 11.1. The molecule has 2 N–H and O–H groups in total. The van der Waals surface area contributed by atoms with Crippen molar-refractivity contribution in [1.29, 1.82) is 0 Å². The summed E-state index contributed by atoms with van der Waals surface area (Å²) in [6.45, 7) is 2.84. The van der Waals surface area contributed by atoms with Gasteiger partial charge in [-0.15, -0.1) is 10.2 Å². The molecule has 0 saturated carbocycles. The highest BCUT2D eigenvalue weighted by Crippen LogP contribution is 2.31. The van der Waals surface area contributed by atoms with Gasteiger partial charge in [-0.3, -0.25) is 4.79 Å². The number of tetrazole rings is 1. The third-order valence-electron chi connectivity index (χ3n) is 8.43. The van der Waals surface area contributed by atoms with Crippen molar-refractivity contribution < 1.29 is 23.9 Å². The van der Waals surface area contributed by atoms with Crippen LogP contribution in [0.4, 0.5) is 4.79 Å². The summed E-state index contributed by atoms with van der Waals surface area (Å²) in [5.74, 6) is -0.180. The number of hydrogen-bond acceptors (Lipinski definition) is 8. The summed E-state index contributed by atoms with van der Waals surface area (Å²) in [5, 5.41) is 17.6. The van der Waals surface area contributed by atoms with Crippen molar-refractivity contribution in [2.45, 2.75) is 71.2 Å². The molecule has 5 aromatic rings. The normalized spacial score (nSPS) is 11.4. The predicted molar refractivity (Wildman–Crippen MR) is 194 cm³/mol. The maximum absolute atomic E-state index is 13.9. The number of carbonyl (C=O) groups excluding carboxylic acids is 3. The van der Waals surface area contributed by atoms with Gasteiger partial charge in [0, 0.05) is 25.1 Å². The molecule has 264 valence electrons. The Morgan fingerprint density at radius 1 is 0.765 bits per heavy atom. The first-order valence-corrected chi connectivity index (χ1v) is 17.4. The largest absolute Gasteiger partial charge is 0.459 e. The molecule has 1 atom stereocenters. The molecular weight excluding hydrogens is 644 g/mol. The van der Waals surface area contributed by atoms with E-state index < -0.39 is 18.1 Å². The second-order valence-electron chi connectivity index (χ2n) is 12.2. The lowest BCUT2D eigenvalue weighted by Crippen LogP contribution is -2.45. The van der Waals surface area contributed by atoms with Crippen molar-refractivity contribution in [3.63, 3.8) is 0 Å². The summed E-state index contributed by atoms with van der Waals surface area (Å²) < 4.78 is 11.2. The number of carbonyl (C=O) groups is 3. The Kier molecular flexibility index (Phi) is 13.8. The number of hydrogen-bond donors (Lipinski definition) is 2. The Hall–Kier alpha value is -5.84. The van der Waals surface area contributed by atoms with Crippen LogP contribution in [0.15, 0.2) is 109 Å². The summed E-state index contributed by atoms with van der Waals surface area (Å²) in [4.78, 5) is 41.7. The molecule has 51 heavy (non-hydrogen) atoms. The number of H-pyrrole nitrogens is 1. The lowest BCUT2D eigenvalue weighted by molar-refractivity contribution is -0.157. The number of nitrogens with one attached hydrogen (secondary N) is 2. The van der Waals surface area contributed by atoms with Gasteiger partial charge in [0.1, 0.15) is 19.3 Å². The van der Waals surface area contributed by atoms with Gasteiger partial charge < -0.3 is 19.7 Å². The Bertz CT molecular complexity index is 1800. The molecule has 0 spiro atoms. The van der Waals surface area contributed by atoms with Crippen LogP contribution in [0.3, 0.4) is 0 Å². The molecule has 11 nitrogen and oxygen atoms in total. The molecule has 0 aliphatic heterocycles. The molecule has 0 radical (unpaired) electrons. The van der Waals surface area contributed by atoms with E-state index in [1.807, 2.05) is 116 Å². The number of benzene rings is 4. The molecule has 0 bridgehead atoms. The van der Waals surface area contributed by atoms with Crippen molar-refractivity contribution >= 4 is 18.0 Å². The summed E-state index contributed by atoms with van der Waals surface area (Å²) in [7, 11) is 0. The lowest BCUT2D eigenvalue weighted by Gasteiger charge is -2.31. The van der Waals surface area contributed by atoms with Crippen LogP contribution in [-0.4, -0.2) is 56.1 Å². The Balaban J connectivity index is 1.33. The molecular formula is C40H44N6O5. The zero-order valence-corrected chi connectivity index (χ0v) is 28.9. The summed E-state index contributed by atoms with van der Waals surface area (Å²) in [6, 6.07) is 33.9. The Morgan fingerprint density at radius 3 is 2.08 bits per heavy atom. The molecule has 1 heterocycles. The van der Waals surface area contributed by atoms with Gasteiger partial charge in [-0.05, 0) is 64.8 Å². The first-order valence-electron chi connectivity index (χ1n) is 17.4. The maximum atomic E-state index is 13.9. The van der Waals surface area contributed by atoms with Crippen LogP contribution in [0.2, 0.25) is 0 Å². The van der Waals surface area contributed by atoms with Gasteiger partial charge in [-0.2, -0.15) is 5.21 Å². The minimum absolute atomic E-state index is 0.0930. The van der Waals surface area contributed by atoms with E-state index in [1.165, 1.54) is 0 Å². The quantitative estimate of drug-likeness (QED) is 0.0725. The molecule has 2 amide bonds.